The van der Waals surface area contributed by atoms with Crippen LogP contribution in [0.5, 0.6) is 0 Å². The normalized spacial score (nSPS) is 14.0. The van der Waals surface area contributed by atoms with E-state index >= 15 is 0 Å². The largest absolute Gasteiger partial charge is 0.481 e. The van der Waals surface area contributed by atoms with Crippen LogP contribution in [0.3, 0.4) is 0 Å². The highest BCUT2D eigenvalue weighted by molar-refractivity contribution is 6.74. The number of hydrogen-bond acceptors (Lipinski definition) is 3. The van der Waals surface area contributed by atoms with Crippen molar-refractivity contribution in [3.8, 4) is 0 Å². The lowest BCUT2D eigenvalue weighted by Gasteiger charge is -2.39. The number of aliphatic carboxylic acids is 1. The summed E-state index contributed by atoms with van der Waals surface area (Å²) in [4.78, 5) is 23.4. The van der Waals surface area contributed by atoms with Gasteiger partial charge in [0.1, 0.15) is 6.10 Å². The maximum atomic E-state index is 12.8. The quantitative estimate of drug-likeness (QED) is 0.163. The molecule has 0 aromatic carbocycles. The molecule has 0 aromatic heterocycles. The molecule has 29 heavy (non-hydrogen) atoms. The standard InChI is InChI=1S/C24H44O4Si/c1-7-8-9-10-12-15-18-21(25)22(28-29(5,6)24(2,3)4)19-16-13-11-14-17-20-23(26)27/h8-9,12,15,22H,7,10-11,13-14,16-20H2,1-6H3,(H,26,27)/b9-8-,15-12-. The average molecular weight is 425 g/mol. The Kier molecular flexibility index (Phi) is 14.1. The van der Waals surface area contributed by atoms with E-state index in [1.807, 2.05) is 6.08 Å². The minimum Gasteiger partial charge on any atom is -0.481 e. The lowest BCUT2D eigenvalue weighted by atomic mass is 10.0. The number of carboxylic acid groups (broad SMARTS) is 1. The molecule has 1 unspecified atom stereocenters. The van der Waals surface area contributed by atoms with Crippen LogP contribution in [0.1, 0.15) is 91.9 Å². The number of allylic oxidation sites excluding steroid dienone is 4. The maximum Gasteiger partial charge on any atom is 0.303 e. The molecule has 0 saturated carbocycles. The molecule has 1 N–H and O–H groups in total. The van der Waals surface area contributed by atoms with Gasteiger partial charge < -0.3 is 9.53 Å². The van der Waals surface area contributed by atoms with Gasteiger partial charge >= 0.3 is 5.97 Å². The van der Waals surface area contributed by atoms with Crippen LogP contribution in [-0.2, 0) is 14.0 Å². The van der Waals surface area contributed by atoms with E-state index in [9.17, 15) is 9.59 Å². The first-order chi connectivity index (χ1) is 13.5. The molecule has 0 aliphatic rings. The molecule has 4 nitrogen and oxygen atoms in total. The molecule has 5 heteroatoms. The third-order valence-corrected chi connectivity index (χ3v) is 10.1. The number of carbonyl (C=O) groups excluding carboxylic acids is 1. The lowest BCUT2D eigenvalue weighted by molar-refractivity contribution is -0.137. The summed E-state index contributed by atoms with van der Waals surface area (Å²) < 4.78 is 6.48. The van der Waals surface area contributed by atoms with Gasteiger partial charge in [-0.1, -0.05) is 77.7 Å². The zero-order valence-electron chi connectivity index (χ0n) is 19.6. The summed E-state index contributed by atoms with van der Waals surface area (Å²) in [6, 6.07) is 0. The molecule has 1 atom stereocenters. The van der Waals surface area contributed by atoms with Crippen molar-refractivity contribution in [2.45, 2.75) is 116 Å². The minimum absolute atomic E-state index is 0.0726. The van der Waals surface area contributed by atoms with Crippen LogP contribution in [-0.4, -0.2) is 31.3 Å². The van der Waals surface area contributed by atoms with Crippen LogP contribution < -0.4 is 0 Å². The highest BCUT2D eigenvalue weighted by atomic mass is 28.4. The second-order valence-corrected chi connectivity index (χ2v) is 14.1. The average Bonchev–Trinajstić information content (AvgIpc) is 2.61. The topological polar surface area (TPSA) is 63.6 Å². The smallest absolute Gasteiger partial charge is 0.303 e. The van der Waals surface area contributed by atoms with Gasteiger partial charge in [-0.25, -0.2) is 0 Å². The fourth-order valence-electron chi connectivity index (χ4n) is 2.72. The van der Waals surface area contributed by atoms with Crippen molar-refractivity contribution in [1.29, 1.82) is 0 Å². The second kappa shape index (κ2) is 14.7. The van der Waals surface area contributed by atoms with Gasteiger partial charge in [0.2, 0.25) is 0 Å². The summed E-state index contributed by atoms with van der Waals surface area (Å²) in [5, 5.41) is 8.77. The molecule has 0 spiro atoms. The minimum atomic E-state index is -2.01. The Balaban J connectivity index is 4.66. The zero-order chi connectivity index (χ0) is 22.3. The van der Waals surface area contributed by atoms with Gasteiger partial charge in [-0.2, -0.15) is 0 Å². The van der Waals surface area contributed by atoms with E-state index in [0.717, 1.165) is 51.4 Å². The summed E-state index contributed by atoms with van der Waals surface area (Å²) in [6.07, 6.45) is 15.9. The molecule has 0 fully saturated rings. The number of ketones is 1. The first-order valence-electron chi connectivity index (χ1n) is 11.2. The summed E-state index contributed by atoms with van der Waals surface area (Å²) >= 11 is 0. The Morgan fingerprint density at radius 3 is 2.14 bits per heavy atom. The Bertz CT molecular complexity index is 529. The molecular formula is C24H44O4Si. The fourth-order valence-corrected chi connectivity index (χ4v) is 4.04. The van der Waals surface area contributed by atoms with Crippen LogP contribution in [0.15, 0.2) is 24.3 Å². The summed E-state index contributed by atoms with van der Waals surface area (Å²) in [5.41, 5.74) is 0. The molecule has 0 radical (unpaired) electrons. The van der Waals surface area contributed by atoms with Gasteiger partial charge in [-0.3, -0.25) is 9.59 Å². The number of carbonyl (C=O) groups is 2. The summed E-state index contributed by atoms with van der Waals surface area (Å²) in [5.74, 6) is -0.548. The van der Waals surface area contributed by atoms with Crippen LogP contribution in [0.2, 0.25) is 18.1 Å². The van der Waals surface area contributed by atoms with E-state index < -0.39 is 14.3 Å². The second-order valence-electron chi connectivity index (χ2n) is 9.32. The van der Waals surface area contributed by atoms with Crippen LogP contribution in [0.4, 0.5) is 0 Å². The zero-order valence-corrected chi connectivity index (χ0v) is 20.6. The van der Waals surface area contributed by atoms with Crippen molar-refractivity contribution in [2.75, 3.05) is 0 Å². The van der Waals surface area contributed by atoms with Crippen LogP contribution in [0, 0.1) is 0 Å². The predicted octanol–water partition coefficient (Wildman–Crippen LogP) is 7.06. The van der Waals surface area contributed by atoms with Crippen molar-refractivity contribution in [2.24, 2.45) is 0 Å². The number of carboxylic acids is 1. The Morgan fingerprint density at radius 2 is 1.55 bits per heavy atom. The van der Waals surface area contributed by atoms with Gasteiger partial charge in [0.05, 0.1) is 0 Å². The number of rotatable bonds is 16. The van der Waals surface area contributed by atoms with Crippen LogP contribution >= 0.6 is 0 Å². The van der Waals surface area contributed by atoms with Crippen molar-refractivity contribution < 1.29 is 19.1 Å². The maximum absolute atomic E-state index is 12.8. The lowest BCUT2D eigenvalue weighted by Crippen LogP contribution is -2.46. The molecular weight excluding hydrogens is 380 g/mol. The molecule has 0 aliphatic carbocycles. The first kappa shape index (κ1) is 27.8. The van der Waals surface area contributed by atoms with Gasteiger partial charge in [-0.05, 0) is 43.8 Å². The summed E-state index contributed by atoms with van der Waals surface area (Å²) in [7, 11) is -2.01. The molecule has 0 aromatic rings. The number of hydrogen-bond donors (Lipinski definition) is 1. The molecule has 0 bridgehead atoms. The van der Waals surface area contributed by atoms with Gasteiger partial charge in [0.15, 0.2) is 14.1 Å². The third kappa shape index (κ3) is 13.6. The number of unbranched alkanes of at least 4 members (excludes halogenated alkanes) is 4. The molecule has 168 valence electrons. The van der Waals surface area contributed by atoms with E-state index in [2.05, 4.69) is 59.0 Å². The Labute approximate surface area is 179 Å². The SMILES string of the molecule is CC/C=C\C/C=C\CC(=O)C(CCCCCCCC(=O)O)O[Si](C)(C)C(C)(C)C. The number of Topliss-reactive ketones (excluding diaryl/α,β-unsaturated/α-hetero) is 1. The van der Waals surface area contributed by atoms with Crippen molar-refractivity contribution in [3.63, 3.8) is 0 Å². The molecule has 0 rings (SSSR count). The molecule has 0 heterocycles. The molecule has 0 aliphatic heterocycles. The van der Waals surface area contributed by atoms with E-state index in [1.165, 1.54) is 0 Å². The van der Waals surface area contributed by atoms with Crippen molar-refractivity contribution in [1.82, 2.24) is 0 Å². The van der Waals surface area contributed by atoms with E-state index in [4.69, 9.17) is 9.53 Å². The summed E-state index contributed by atoms with van der Waals surface area (Å²) in [6.45, 7) is 13.1. The first-order valence-corrected chi connectivity index (χ1v) is 14.1. The van der Waals surface area contributed by atoms with E-state index in [1.54, 1.807) is 0 Å². The fraction of sp³-hybridized carbons (Fsp3) is 0.750. The van der Waals surface area contributed by atoms with E-state index in [-0.39, 0.29) is 23.3 Å². The van der Waals surface area contributed by atoms with Crippen molar-refractivity contribution >= 4 is 20.1 Å². The van der Waals surface area contributed by atoms with E-state index in [0.29, 0.717) is 6.42 Å². The third-order valence-electron chi connectivity index (χ3n) is 5.62. The van der Waals surface area contributed by atoms with Gasteiger partial charge in [0.25, 0.3) is 0 Å². The highest BCUT2D eigenvalue weighted by Gasteiger charge is 2.40. The monoisotopic (exact) mass is 424 g/mol. The van der Waals surface area contributed by atoms with Gasteiger partial charge in [0, 0.05) is 12.8 Å². The van der Waals surface area contributed by atoms with Gasteiger partial charge in [-0.15, -0.1) is 0 Å². The highest BCUT2D eigenvalue weighted by Crippen LogP contribution is 2.38. The molecule has 0 amide bonds. The van der Waals surface area contributed by atoms with Crippen LogP contribution in [0.25, 0.3) is 0 Å². The Morgan fingerprint density at radius 1 is 0.966 bits per heavy atom. The Hall–Kier alpha value is -1.20. The predicted molar refractivity (Wildman–Crippen MR) is 125 cm³/mol. The molecule has 0 saturated heterocycles. The van der Waals surface area contributed by atoms with Crippen molar-refractivity contribution in [3.05, 3.63) is 24.3 Å².